The van der Waals surface area contributed by atoms with Gasteiger partial charge >= 0.3 is 5.97 Å². The summed E-state index contributed by atoms with van der Waals surface area (Å²) in [4.78, 5) is 15.4. The summed E-state index contributed by atoms with van der Waals surface area (Å²) >= 11 is 7.51. The van der Waals surface area contributed by atoms with E-state index in [0.717, 1.165) is 11.1 Å². The van der Waals surface area contributed by atoms with Gasteiger partial charge in [0.05, 0.1) is 18.1 Å². The number of hydrogen-bond acceptors (Lipinski definition) is 5. The topological polar surface area (TPSA) is 65.2 Å². The van der Waals surface area contributed by atoms with Crippen LogP contribution in [0.2, 0.25) is 5.02 Å². The summed E-state index contributed by atoms with van der Waals surface area (Å²) in [5, 5.41) is 0.503. The molecule has 1 heterocycles. The minimum atomic E-state index is -0.278. The van der Waals surface area contributed by atoms with E-state index in [1.807, 2.05) is 18.2 Å². The van der Waals surface area contributed by atoms with E-state index in [-0.39, 0.29) is 17.0 Å². The van der Waals surface area contributed by atoms with Gasteiger partial charge in [-0.15, -0.1) is 11.8 Å². The Kier molecular flexibility index (Phi) is 5.47. The Hall–Kier alpha value is -1.72. The molecule has 0 aliphatic heterocycles. The summed E-state index contributed by atoms with van der Waals surface area (Å²) < 4.78 is 4.70. The van der Waals surface area contributed by atoms with Crippen molar-refractivity contribution in [2.75, 3.05) is 18.6 Å². The zero-order valence-electron chi connectivity index (χ0n) is 11.5. The number of nitrogen functional groups attached to an aromatic ring is 1. The highest BCUT2D eigenvalue weighted by Gasteiger charge is 2.19. The molecule has 0 bridgehead atoms. The van der Waals surface area contributed by atoms with Crippen molar-refractivity contribution in [3.05, 3.63) is 58.9 Å². The molecule has 0 saturated heterocycles. The molecule has 110 valence electrons. The molecule has 0 aliphatic carbocycles. The second-order valence-corrected chi connectivity index (χ2v) is 5.85. The molecule has 2 N–H and O–H groups in total. The number of aromatic nitrogens is 1. The number of carbonyl (C=O) groups is 1. The quantitative estimate of drug-likeness (QED) is 0.675. The lowest BCUT2D eigenvalue weighted by molar-refractivity contribution is -0.137. The molecule has 0 radical (unpaired) electrons. The third kappa shape index (κ3) is 4.12. The second kappa shape index (κ2) is 7.33. The van der Waals surface area contributed by atoms with E-state index in [0.29, 0.717) is 10.7 Å². The lowest BCUT2D eigenvalue weighted by Crippen LogP contribution is -2.08. The number of hydrogen-bond donors (Lipinski definition) is 1. The molecule has 1 aromatic carbocycles. The summed E-state index contributed by atoms with van der Waals surface area (Å²) in [5.41, 5.74) is 8.59. The van der Waals surface area contributed by atoms with Crippen LogP contribution < -0.4 is 5.73 Å². The Labute approximate surface area is 132 Å². The fraction of sp³-hybridized carbons (Fsp3) is 0.200. The summed E-state index contributed by atoms with van der Waals surface area (Å²) in [5.74, 6) is -0.0465. The summed E-state index contributed by atoms with van der Waals surface area (Å²) in [6.07, 6.45) is 3.42. The van der Waals surface area contributed by atoms with Crippen molar-refractivity contribution < 1.29 is 9.53 Å². The van der Waals surface area contributed by atoms with Crippen LogP contribution in [0.3, 0.4) is 0 Å². The molecule has 0 amide bonds. The van der Waals surface area contributed by atoms with Crippen LogP contribution in [0.4, 0.5) is 5.69 Å². The van der Waals surface area contributed by atoms with Gasteiger partial charge < -0.3 is 10.5 Å². The first-order valence-corrected chi connectivity index (χ1v) is 7.67. The molecule has 2 rings (SSSR count). The number of nitrogens with zero attached hydrogens (tertiary/aromatic N) is 1. The van der Waals surface area contributed by atoms with Crippen LogP contribution in [0.25, 0.3) is 0 Å². The average Bonchev–Trinajstić information content (AvgIpc) is 2.51. The highest BCUT2D eigenvalue weighted by molar-refractivity contribution is 8.00. The van der Waals surface area contributed by atoms with Gasteiger partial charge in [-0.05, 0) is 41.5 Å². The van der Waals surface area contributed by atoms with Crippen molar-refractivity contribution in [2.24, 2.45) is 0 Å². The number of ether oxygens (including phenoxy) is 1. The van der Waals surface area contributed by atoms with Gasteiger partial charge in [0.1, 0.15) is 0 Å². The van der Waals surface area contributed by atoms with E-state index >= 15 is 0 Å². The molecular weight excluding hydrogens is 308 g/mol. The molecule has 1 unspecified atom stereocenters. The Morgan fingerprint density at radius 2 is 2.10 bits per heavy atom. The van der Waals surface area contributed by atoms with Crippen molar-refractivity contribution in [3.8, 4) is 0 Å². The van der Waals surface area contributed by atoms with Gasteiger partial charge in [0.25, 0.3) is 0 Å². The molecule has 0 aliphatic rings. The standard InChI is InChI=1S/C15H15ClN2O2S/c1-20-14(19)9-21-15(10-4-6-18-7-5-10)12-8-11(16)2-3-13(12)17/h2-8,15H,9,17H2,1H3. The Morgan fingerprint density at radius 1 is 1.38 bits per heavy atom. The van der Waals surface area contributed by atoms with Crippen molar-refractivity contribution in [1.29, 1.82) is 0 Å². The first-order valence-electron chi connectivity index (χ1n) is 6.25. The highest BCUT2D eigenvalue weighted by atomic mass is 35.5. The number of nitrogens with two attached hydrogens (primary N) is 1. The molecule has 1 aromatic heterocycles. The van der Waals surface area contributed by atoms with Crippen LogP contribution in [0, 0.1) is 0 Å². The number of pyridine rings is 1. The fourth-order valence-electron chi connectivity index (χ4n) is 1.89. The monoisotopic (exact) mass is 322 g/mol. The smallest absolute Gasteiger partial charge is 0.315 e. The van der Waals surface area contributed by atoms with Crippen LogP contribution >= 0.6 is 23.4 Å². The van der Waals surface area contributed by atoms with Crippen LogP contribution in [0.15, 0.2) is 42.7 Å². The van der Waals surface area contributed by atoms with Gasteiger partial charge in [-0.3, -0.25) is 9.78 Å². The van der Waals surface area contributed by atoms with Crippen molar-refractivity contribution in [2.45, 2.75) is 5.25 Å². The number of esters is 1. The third-order valence-electron chi connectivity index (χ3n) is 2.94. The van der Waals surface area contributed by atoms with Crippen LogP contribution in [-0.4, -0.2) is 23.8 Å². The number of rotatable bonds is 5. The Balaban J connectivity index is 2.35. The minimum Gasteiger partial charge on any atom is -0.468 e. The van der Waals surface area contributed by atoms with E-state index in [1.54, 1.807) is 24.5 Å². The van der Waals surface area contributed by atoms with E-state index in [4.69, 9.17) is 22.1 Å². The summed E-state index contributed by atoms with van der Waals surface area (Å²) in [6.45, 7) is 0. The number of carbonyl (C=O) groups excluding carboxylic acids is 1. The van der Waals surface area contributed by atoms with Crippen molar-refractivity contribution in [3.63, 3.8) is 0 Å². The first kappa shape index (κ1) is 15.7. The zero-order valence-corrected chi connectivity index (χ0v) is 13.0. The van der Waals surface area contributed by atoms with Gasteiger partial charge in [-0.1, -0.05) is 11.6 Å². The van der Waals surface area contributed by atoms with Crippen LogP contribution in [0.1, 0.15) is 16.4 Å². The summed E-state index contributed by atoms with van der Waals surface area (Å²) in [7, 11) is 1.37. The Bertz CT molecular complexity index is 622. The maximum atomic E-state index is 11.4. The normalized spacial score (nSPS) is 11.9. The number of halogens is 1. The van der Waals surface area contributed by atoms with E-state index in [9.17, 15) is 4.79 Å². The lowest BCUT2D eigenvalue weighted by Gasteiger charge is -2.19. The molecule has 0 spiro atoms. The van der Waals surface area contributed by atoms with Crippen LogP contribution in [-0.2, 0) is 9.53 Å². The van der Waals surface area contributed by atoms with E-state index in [1.165, 1.54) is 18.9 Å². The minimum absolute atomic E-state index is 0.106. The maximum absolute atomic E-state index is 11.4. The number of thioether (sulfide) groups is 1. The molecule has 6 heteroatoms. The molecule has 2 aromatic rings. The molecule has 1 atom stereocenters. The SMILES string of the molecule is COC(=O)CSC(c1ccncc1)c1cc(Cl)ccc1N. The molecule has 0 fully saturated rings. The lowest BCUT2D eigenvalue weighted by atomic mass is 10.0. The largest absolute Gasteiger partial charge is 0.468 e. The fourth-order valence-corrected chi connectivity index (χ4v) is 3.22. The van der Waals surface area contributed by atoms with Gasteiger partial charge in [-0.2, -0.15) is 0 Å². The average molecular weight is 323 g/mol. The molecule has 4 nitrogen and oxygen atoms in total. The van der Waals surface area contributed by atoms with Crippen LogP contribution in [0.5, 0.6) is 0 Å². The predicted molar refractivity (Wildman–Crippen MR) is 86.4 cm³/mol. The third-order valence-corrected chi connectivity index (χ3v) is 4.43. The first-order chi connectivity index (χ1) is 10.1. The molecule has 21 heavy (non-hydrogen) atoms. The maximum Gasteiger partial charge on any atom is 0.315 e. The predicted octanol–water partition coefficient (Wildman–Crippen LogP) is 3.31. The molecular formula is C15H15ClN2O2S. The highest BCUT2D eigenvalue weighted by Crippen LogP contribution is 2.39. The summed E-state index contributed by atoms with van der Waals surface area (Å²) in [6, 6.07) is 9.14. The number of anilines is 1. The van der Waals surface area contributed by atoms with E-state index < -0.39 is 0 Å². The second-order valence-electron chi connectivity index (χ2n) is 4.32. The van der Waals surface area contributed by atoms with Gasteiger partial charge in [-0.25, -0.2) is 0 Å². The van der Waals surface area contributed by atoms with Gasteiger partial charge in [0, 0.05) is 23.1 Å². The van der Waals surface area contributed by atoms with E-state index in [2.05, 4.69) is 4.98 Å². The van der Waals surface area contributed by atoms with Gasteiger partial charge in [0.2, 0.25) is 0 Å². The number of methoxy groups -OCH3 is 1. The van der Waals surface area contributed by atoms with Gasteiger partial charge in [0.15, 0.2) is 0 Å². The zero-order chi connectivity index (χ0) is 15.2. The van der Waals surface area contributed by atoms with Crippen molar-refractivity contribution >= 4 is 35.0 Å². The Morgan fingerprint density at radius 3 is 2.76 bits per heavy atom. The van der Waals surface area contributed by atoms with Crippen molar-refractivity contribution in [1.82, 2.24) is 4.98 Å². The number of benzene rings is 1. The molecule has 0 saturated carbocycles.